The Hall–Kier alpha value is -0.770. The number of nitrogens with zero attached hydrogens (tertiary/aromatic N) is 1. The molecule has 2 rings (SSSR count). The number of hydrogen-bond donors (Lipinski definition) is 1. The van der Waals surface area contributed by atoms with Crippen LogP contribution in [0, 0.1) is 0 Å². The average molecular weight is 301 g/mol. The molecular weight excluding hydrogens is 283 g/mol. The first kappa shape index (κ1) is 14.6. The number of amides is 1. The van der Waals surface area contributed by atoms with Gasteiger partial charge in [-0.1, -0.05) is 35.7 Å². The van der Waals surface area contributed by atoms with Gasteiger partial charge in [0.1, 0.15) is 0 Å². The van der Waals surface area contributed by atoms with Crippen molar-refractivity contribution >= 4 is 29.1 Å². The van der Waals surface area contributed by atoms with Crippen LogP contribution in [-0.4, -0.2) is 30.4 Å². The normalized spacial score (nSPS) is 16.3. The molecule has 1 amide bonds. The molecule has 0 aromatic heterocycles. The Bertz CT molecular complexity index is 445. The molecule has 0 bridgehead atoms. The molecule has 0 saturated carbocycles. The molecule has 1 fully saturated rings. The minimum Gasteiger partial charge on any atom is -0.351 e. The Labute approximate surface area is 123 Å². The first-order valence-corrected chi connectivity index (χ1v) is 7.34. The molecule has 1 N–H and O–H groups in total. The van der Waals surface area contributed by atoms with Crippen molar-refractivity contribution in [1.82, 2.24) is 10.2 Å². The van der Waals surface area contributed by atoms with Crippen molar-refractivity contribution < 1.29 is 4.79 Å². The van der Waals surface area contributed by atoms with Crippen molar-refractivity contribution in [3.05, 3.63) is 33.8 Å². The zero-order valence-electron chi connectivity index (χ0n) is 10.8. The summed E-state index contributed by atoms with van der Waals surface area (Å²) in [6.45, 7) is 2.97. The summed E-state index contributed by atoms with van der Waals surface area (Å²) in [5.41, 5.74) is 0.887. The lowest BCUT2D eigenvalue weighted by atomic mass is 10.1. The molecule has 1 aromatic carbocycles. The number of piperidine rings is 1. The molecular formula is C14H18Cl2N2O. The maximum Gasteiger partial charge on any atom is 0.234 e. The van der Waals surface area contributed by atoms with E-state index in [0.717, 1.165) is 18.7 Å². The number of carbonyl (C=O) groups excluding carboxylic acids is 1. The second-order valence-electron chi connectivity index (χ2n) is 4.85. The maximum atomic E-state index is 11.8. The quantitative estimate of drug-likeness (QED) is 0.927. The van der Waals surface area contributed by atoms with Gasteiger partial charge in [0.15, 0.2) is 0 Å². The van der Waals surface area contributed by atoms with Crippen LogP contribution in [0.25, 0.3) is 0 Å². The van der Waals surface area contributed by atoms with Crippen LogP contribution in [-0.2, 0) is 11.3 Å². The summed E-state index contributed by atoms with van der Waals surface area (Å²) in [5.74, 6) is 0.0490. The van der Waals surface area contributed by atoms with Gasteiger partial charge in [0.2, 0.25) is 5.91 Å². The highest BCUT2D eigenvalue weighted by atomic mass is 35.5. The molecule has 0 atom stereocenters. The maximum absolute atomic E-state index is 11.8. The smallest absolute Gasteiger partial charge is 0.234 e. The van der Waals surface area contributed by atoms with E-state index < -0.39 is 0 Å². The first-order chi connectivity index (χ1) is 9.15. The van der Waals surface area contributed by atoms with Crippen LogP contribution < -0.4 is 5.32 Å². The summed E-state index contributed by atoms with van der Waals surface area (Å²) < 4.78 is 0. The molecule has 0 radical (unpaired) electrons. The summed E-state index contributed by atoms with van der Waals surface area (Å²) in [5, 5.41) is 4.09. The van der Waals surface area contributed by atoms with Crippen LogP contribution in [0.3, 0.4) is 0 Å². The number of nitrogens with one attached hydrogen (secondary N) is 1. The number of benzene rings is 1. The number of rotatable bonds is 4. The second-order valence-corrected chi connectivity index (χ2v) is 5.69. The van der Waals surface area contributed by atoms with Gasteiger partial charge in [-0.3, -0.25) is 9.69 Å². The van der Waals surface area contributed by atoms with E-state index in [4.69, 9.17) is 23.2 Å². The molecule has 5 heteroatoms. The molecule has 104 valence electrons. The van der Waals surface area contributed by atoms with E-state index in [-0.39, 0.29) is 5.91 Å². The molecule has 3 nitrogen and oxygen atoms in total. The van der Waals surface area contributed by atoms with E-state index in [2.05, 4.69) is 10.2 Å². The number of hydrogen-bond acceptors (Lipinski definition) is 2. The Balaban J connectivity index is 1.79. The second kappa shape index (κ2) is 7.13. The van der Waals surface area contributed by atoms with Crippen molar-refractivity contribution in [3.63, 3.8) is 0 Å². The SMILES string of the molecule is O=C(CN1CCCCC1)NCc1ccc(Cl)cc1Cl. The van der Waals surface area contributed by atoms with Gasteiger partial charge in [0.05, 0.1) is 6.54 Å². The topological polar surface area (TPSA) is 32.3 Å². The summed E-state index contributed by atoms with van der Waals surface area (Å²) >= 11 is 11.9. The van der Waals surface area contributed by atoms with Gasteiger partial charge in [0, 0.05) is 16.6 Å². The van der Waals surface area contributed by atoms with Gasteiger partial charge in [-0.05, 0) is 43.6 Å². The molecule has 0 spiro atoms. The molecule has 1 aromatic rings. The third-order valence-electron chi connectivity index (χ3n) is 3.31. The Morgan fingerprint density at radius 2 is 1.95 bits per heavy atom. The largest absolute Gasteiger partial charge is 0.351 e. The lowest BCUT2D eigenvalue weighted by Gasteiger charge is -2.25. The third kappa shape index (κ3) is 4.68. The Kier molecular flexibility index (Phi) is 5.49. The standard InChI is InChI=1S/C14H18Cl2N2O/c15-12-5-4-11(13(16)8-12)9-17-14(19)10-18-6-2-1-3-7-18/h4-5,8H,1-3,6-7,9-10H2,(H,17,19). The fourth-order valence-corrected chi connectivity index (χ4v) is 2.71. The van der Waals surface area contributed by atoms with Crippen molar-refractivity contribution in [2.45, 2.75) is 25.8 Å². The molecule has 19 heavy (non-hydrogen) atoms. The summed E-state index contributed by atoms with van der Waals surface area (Å²) in [6, 6.07) is 5.31. The number of carbonyl (C=O) groups is 1. The van der Waals surface area contributed by atoms with Gasteiger partial charge < -0.3 is 5.32 Å². The van der Waals surface area contributed by atoms with Crippen molar-refractivity contribution in [2.75, 3.05) is 19.6 Å². The highest BCUT2D eigenvalue weighted by Crippen LogP contribution is 2.20. The van der Waals surface area contributed by atoms with Crippen LogP contribution in [0.5, 0.6) is 0 Å². The van der Waals surface area contributed by atoms with Crippen LogP contribution >= 0.6 is 23.2 Å². The van der Waals surface area contributed by atoms with Gasteiger partial charge in [0.25, 0.3) is 0 Å². The number of likely N-dealkylation sites (tertiary alicyclic amines) is 1. The first-order valence-electron chi connectivity index (χ1n) is 6.58. The monoisotopic (exact) mass is 300 g/mol. The Morgan fingerprint density at radius 1 is 1.21 bits per heavy atom. The van der Waals surface area contributed by atoms with Gasteiger partial charge in [-0.25, -0.2) is 0 Å². The van der Waals surface area contributed by atoms with Crippen molar-refractivity contribution in [1.29, 1.82) is 0 Å². The predicted octanol–water partition coefficient (Wildman–Crippen LogP) is 3.10. The van der Waals surface area contributed by atoms with Crippen molar-refractivity contribution in [3.8, 4) is 0 Å². The van der Waals surface area contributed by atoms with Gasteiger partial charge in [-0.2, -0.15) is 0 Å². The summed E-state index contributed by atoms with van der Waals surface area (Å²) in [4.78, 5) is 14.0. The van der Waals surface area contributed by atoms with Crippen LogP contribution in [0.2, 0.25) is 10.0 Å². The average Bonchev–Trinajstić information content (AvgIpc) is 2.39. The number of halogens is 2. The van der Waals surface area contributed by atoms with E-state index in [1.165, 1.54) is 19.3 Å². The molecule has 1 aliphatic heterocycles. The molecule has 1 aliphatic rings. The van der Waals surface area contributed by atoms with Crippen LogP contribution in [0.4, 0.5) is 0 Å². The fourth-order valence-electron chi connectivity index (χ4n) is 2.24. The highest BCUT2D eigenvalue weighted by molar-refractivity contribution is 6.35. The van der Waals surface area contributed by atoms with Crippen LogP contribution in [0.1, 0.15) is 24.8 Å². The van der Waals surface area contributed by atoms with E-state index >= 15 is 0 Å². The lowest BCUT2D eigenvalue weighted by Crippen LogP contribution is -2.39. The summed E-state index contributed by atoms with van der Waals surface area (Å²) in [7, 11) is 0. The zero-order chi connectivity index (χ0) is 13.7. The molecule has 0 aliphatic carbocycles. The third-order valence-corrected chi connectivity index (χ3v) is 3.89. The minimum atomic E-state index is 0.0490. The lowest BCUT2D eigenvalue weighted by molar-refractivity contribution is -0.122. The Morgan fingerprint density at radius 3 is 2.63 bits per heavy atom. The van der Waals surface area contributed by atoms with E-state index in [1.807, 2.05) is 6.07 Å². The summed E-state index contributed by atoms with van der Waals surface area (Å²) in [6.07, 6.45) is 3.66. The van der Waals surface area contributed by atoms with E-state index in [1.54, 1.807) is 12.1 Å². The van der Waals surface area contributed by atoms with E-state index in [0.29, 0.717) is 23.1 Å². The molecule has 0 unspecified atom stereocenters. The minimum absolute atomic E-state index is 0.0490. The molecule has 1 saturated heterocycles. The highest BCUT2D eigenvalue weighted by Gasteiger charge is 2.13. The van der Waals surface area contributed by atoms with Crippen molar-refractivity contribution in [2.24, 2.45) is 0 Å². The van der Waals surface area contributed by atoms with E-state index in [9.17, 15) is 4.79 Å². The van der Waals surface area contributed by atoms with Gasteiger partial charge >= 0.3 is 0 Å². The predicted molar refractivity (Wildman–Crippen MR) is 78.6 cm³/mol. The molecule has 1 heterocycles. The van der Waals surface area contributed by atoms with Crippen LogP contribution in [0.15, 0.2) is 18.2 Å². The fraction of sp³-hybridized carbons (Fsp3) is 0.500. The zero-order valence-corrected chi connectivity index (χ0v) is 12.3. The van der Waals surface area contributed by atoms with Gasteiger partial charge in [-0.15, -0.1) is 0 Å².